The van der Waals surface area contributed by atoms with E-state index >= 15 is 0 Å². The highest BCUT2D eigenvalue weighted by Crippen LogP contribution is 2.42. The number of ether oxygens (including phenoxy) is 1. The summed E-state index contributed by atoms with van der Waals surface area (Å²) >= 11 is 0. The topological polar surface area (TPSA) is 26.3 Å². The summed E-state index contributed by atoms with van der Waals surface area (Å²) in [5.74, 6) is 1.15. The van der Waals surface area contributed by atoms with E-state index in [2.05, 4.69) is 0 Å². The van der Waals surface area contributed by atoms with Gasteiger partial charge in [-0.05, 0) is 37.5 Å². The van der Waals surface area contributed by atoms with Gasteiger partial charge in [0, 0.05) is 0 Å². The van der Waals surface area contributed by atoms with Crippen molar-refractivity contribution in [1.29, 1.82) is 0 Å². The molecule has 86 valence electrons. The van der Waals surface area contributed by atoms with Crippen LogP contribution in [0.2, 0.25) is 0 Å². The smallest absolute Gasteiger partial charge is 0.140 e. The lowest BCUT2D eigenvalue weighted by Crippen LogP contribution is -2.30. The number of methoxy groups -OCH3 is 1. The molecular formula is C14H18O2. The van der Waals surface area contributed by atoms with Gasteiger partial charge in [-0.15, -0.1) is 0 Å². The van der Waals surface area contributed by atoms with Gasteiger partial charge < -0.3 is 4.74 Å². The van der Waals surface area contributed by atoms with Crippen molar-refractivity contribution in [2.24, 2.45) is 0 Å². The predicted molar refractivity (Wildman–Crippen MR) is 63.8 cm³/mol. The Morgan fingerprint density at radius 1 is 1.19 bits per heavy atom. The Balaban J connectivity index is 2.36. The summed E-state index contributed by atoms with van der Waals surface area (Å²) in [6.07, 6.45) is 4.31. The van der Waals surface area contributed by atoms with Crippen molar-refractivity contribution < 1.29 is 9.53 Å². The molecule has 0 amide bonds. The minimum absolute atomic E-state index is 0.216. The summed E-state index contributed by atoms with van der Waals surface area (Å²) < 4.78 is 5.14. The number of rotatable bonds is 3. The lowest BCUT2D eigenvalue weighted by molar-refractivity contribution is -0.122. The molecule has 0 bridgehead atoms. The second kappa shape index (κ2) is 4.28. The maximum atomic E-state index is 11.9. The van der Waals surface area contributed by atoms with Crippen LogP contribution in [0.1, 0.15) is 38.2 Å². The van der Waals surface area contributed by atoms with Crippen LogP contribution in [-0.2, 0) is 10.2 Å². The summed E-state index contributed by atoms with van der Waals surface area (Å²) in [7, 11) is 1.66. The van der Waals surface area contributed by atoms with E-state index in [9.17, 15) is 4.79 Å². The summed E-state index contributed by atoms with van der Waals surface area (Å²) in [5.41, 5.74) is 0.935. The van der Waals surface area contributed by atoms with Gasteiger partial charge in [0.1, 0.15) is 11.5 Å². The van der Waals surface area contributed by atoms with Gasteiger partial charge in [0.05, 0.1) is 12.5 Å². The molecule has 2 nitrogen and oxygen atoms in total. The minimum atomic E-state index is -0.216. The molecule has 0 heterocycles. The number of carbonyl (C=O) groups excluding carboxylic acids is 1. The third-order valence-electron chi connectivity index (χ3n) is 3.77. The van der Waals surface area contributed by atoms with Crippen LogP contribution < -0.4 is 4.74 Å². The molecule has 1 aromatic carbocycles. The molecule has 0 radical (unpaired) electrons. The standard InChI is InChI=1S/C14H18O2/c1-11(15)14(9-3-4-10-14)12-5-7-13(16-2)8-6-12/h5-8H,3-4,9-10H2,1-2H3. The maximum absolute atomic E-state index is 11.9. The van der Waals surface area contributed by atoms with Gasteiger partial charge in [-0.25, -0.2) is 0 Å². The third kappa shape index (κ3) is 1.73. The zero-order chi connectivity index (χ0) is 11.6. The summed E-state index contributed by atoms with van der Waals surface area (Å²) in [6, 6.07) is 7.95. The van der Waals surface area contributed by atoms with Gasteiger partial charge in [0.2, 0.25) is 0 Å². The fourth-order valence-corrected chi connectivity index (χ4v) is 2.73. The predicted octanol–water partition coefficient (Wildman–Crippen LogP) is 3.10. The fraction of sp³-hybridized carbons (Fsp3) is 0.500. The Kier molecular flexibility index (Phi) is 2.99. The van der Waals surface area contributed by atoms with Crippen LogP contribution in [0.3, 0.4) is 0 Å². The monoisotopic (exact) mass is 218 g/mol. The quantitative estimate of drug-likeness (QED) is 0.779. The highest BCUT2D eigenvalue weighted by Gasteiger charge is 2.39. The summed E-state index contributed by atoms with van der Waals surface area (Å²) in [4.78, 5) is 11.9. The van der Waals surface area contributed by atoms with Crippen molar-refractivity contribution in [3.8, 4) is 5.75 Å². The van der Waals surface area contributed by atoms with Crippen molar-refractivity contribution in [2.45, 2.75) is 38.0 Å². The zero-order valence-corrected chi connectivity index (χ0v) is 9.95. The molecular weight excluding hydrogens is 200 g/mol. The van der Waals surface area contributed by atoms with Crippen molar-refractivity contribution in [3.63, 3.8) is 0 Å². The van der Waals surface area contributed by atoms with E-state index in [1.54, 1.807) is 14.0 Å². The summed E-state index contributed by atoms with van der Waals surface area (Å²) in [6.45, 7) is 1.72. The van der Waals surface area contributed by atoms with Gasteiger partial charge in [-0.3, -0.25) is 4.79 Å². The number of Topliss-reactive ketones (excluding diaryl/α,β-unsaturated/α-hetero) is 1. The lowest BCUT2D eigenvalue weighted by atomic mass is 9.76. The fourth-order valence-electron chi connectivity index (χ4n) is 2.73. The number of hydrogen-bond acceptors (Lipinski definition) is 2. The van der Waals surface area contributed by atoms with E-state index in [-0.39, 0.29) is 5.41 Å². The Labute approximate surface area is 96.6 Å². The number of hydrogen-bond donors (Lipinski definition) is 0. The van der Waals surface area contributed by atoms with Crippen LogP contribution in [0.25, 0.3) is 0 Å². The molecule has 1 aromatic rings. The second-order valence-electron chi connectivity index (χ2n) is 4.57. The first-order chi connectivity index (χ1) is 7.69. The SMILES string of the molecule is COc1ccc(C2(C(C)=O)CCCC2)cc1. The minimum Gasteiger partial charge on any atom is -0.497 e. The molecule has 0 spiro atoms. The van der Waals surface area contributed by atoms with Crippen LogP contribution in [-0.4, -0.2) is 12.9 Å². The molecule has 0 aromatic heterocycles. The van der Waals surface area contributed by atoms with E-state index in [0.717, 1.165) is 37.0 Å². The first-order valence-corrected chi connectivity index (χ1v) is 5.84. The molecule has 0 aliphatic heterocycles. The van der Waals surface area contributed by atoms with Crippen molar-refractivity contribution in [2.75, 3.05) is 7.11 Å². The number of benzene rings is 1. The zero-order valence-electron chi connectivity index (χ0n) is 9.95. The lowest BCUT2D eigenvalue weighted by Gasteiger charge is -2.26. The Morgan fingerprint density at radius 2 is 1.75 bits per heavy atom. The highest BCUT2D eigenvalue weighted by atomic mass is 16.5. The molecule has 1 aliphatic rings. The van der Waals surface area contributed by atoms with Crippen LogP contribution in [0.5, 0.6) is 5.75 Å². The van der Waals surface area contributed by atoms with Crippen LogP contribution in [0.4, 0.5) is 0 Å². The van der Waals surface area contributed by atoms with E-state index in [1.165, 1.54) is 0 Å². The van der Waals surface area contributed by atoms with Gasteiger partial charge in [0.15, 0.2) is 0 Å². The van der Waals surface area contributed by atoms with Gasteiger partial charge in [-0.1, -0.05) is 25.0 Å². The van der Waals surface area contributed by atoms with Crippen LogP contribution in [0, 0.1) is 0 Å². The molecule has 0 unspecified atom stereocenters. The molecule has 2 rings (SSSR count). The van der Waals surface area contributed by atoms with Crippen molar-refractivity contribution in [3.05, 3.63) is 29.8 Å². The molecule has 0 saturated heterocycles. The van der Waals surface area contributed by atoms with Crippen molar-refractivity contribution >= 4 is 5.78 Å². The Morgan fingerprint density at radius 3 is 2.19 bits per heavy atom. The average Bonchev–Trinajstić information content (AvgIpc) is 2.79. The van der Waals surface area contributed by atoms with Crippen molar-refractivity contribution in [1.82, 2.24) is 0 Å². The number of carbonyl (C=O) groups is 1. The summed E-state index contributed by atoms with van der Waals surface area (Å²) in [5, 5.41) is 0. The molecule has 0 atom stereocenters. The second-order valence-corrected chi connectivity index (χ2v) is 4.57. The molecule has 1 aliphatic carbocycles. The highest BCUT2D eigenvalue weighted by molar-refractivity contribution is 5.88. The van der Waals surface area contributed by atoms with Crippen LogP contribution >= 0.6 is 0 Å². The van der Waals surface area contributed by atoms with Gasteiger partial charge >= 0.3 is 0 Å². The van der Waals surface area contributed by atoms with Crippen LogP contribution in [0.15, 0.2) is 24.3 Å². The average molecular weight is 218 g/mol. The normalized spacial score (nSPS) is 18.4. The van der Waals surface area contributed by atoms with E-state index in [4.69, 9.17) is 4.74 Å². The molecule has 1 saturated carbocycles. The molecule has 0 N–H and O–H groups in total. The molecule has 1 fully saturated rings. The largest absolute Gasteiger partial charge is 0.497 e. The van der Waals surface area contributed by atoms with E-state index in [0.29, 0.717) is 5.78 Å². The third-order valence-corrected chi connectivity index (χ3v) is 3.77. The van der Waals surface area contributed by atoms with Gasteiger partial charge in [-0.2, -0.15) is 0 Å². The molecule has 16 heavy (non-hydrogen) atoms. The molecule has 2 heteroatoms. The first kappa shape index (κ1) is 11.2. The first-order valence-electron chi connectivity index (χ1n) is 5.84. The van der Waals surface area contributed by atoms with Gasteiger partial charge in [0.25, 0.3) is 0 Å². The van der Waals surface area contributed by atoms with E-state index in [1.807, 2.05) is 24.3 Å². The Hall–Kier alpha value is -1.31. The van der Waals surface area contributed by atoms with E-state index < -0.39 is 0 Å². The Bertz CT molecular complexity index is 372. The maximum Gasteiger partial charge on any atom is 0.140 e. The number of ketones is 1.